The molecule has 0 amide bonds. The number of imidazole rings is 1. The second kappa shape index (κ2) is 6.30. The molecule has 0 spiro atoms. The molecule has 20 heavy (non-hydrogen) atoms. The highest BCUT2D eigenvalue weighted by molar-refractivity contribution is 5.08. The molecule has 3 rings (SSSR count). The summed E-state index contributed by atoms with van der Waals surface area (Å²) in [6.07, 6.45) is 15.1. The third-order valence-corrected chi connectivity index (χ3v) is 5.44. The highest BCUT2D eigenvalue weighted by Gasteiger charge is 2.27. The SMILES string of the molecule is CC1CCCC(c2cncn2C(C)C2CCCCC2)N1. The second-order valence-corrected chi connectivity index (χ2v) is 6.92. The molecule has 3 unspecified atom stereocenters. The molecule has 0 bridgehead atoms. The Kier molecular flexibility index (Phi) is 4.45. The number of aromatic nitrogens is 2. The van der Waals surface area contributed by atoms with Crippen molar-refractivity contribution in [1.29, 1.82) is 0 Å². The first-order chi connectivity index (χ1) is 9.75. The van der Waals surface area contributed by atoms with E-state index in [4.69, 9.17) is 0 Å². The third-order valence-electron chi connectivity index (χ3n) is 5.44. The quantitative estimate of drug-likeness (QED) is 0.894. The maximum Gasteiger partial charge on any atom is 0.0951 e. The second-order valence-electron chi connectivity index (χ2n) is 6.92. The fourth-order valence-corrected chi connectivity index (χ4v) is 4.14. The van der Waals surface area contributed by atoms with Gasteiger partial charge in [0.25, 0.3) is 0 Å². The van der Waals surface area contributed by atoms with Crippen molar-refractivity contribution in [3.63, 3.8) is 0 Å². The Morgan fingerprint density at radius 2 is 1.95 bits per heavy atom. The first-order valence-electron chi connectivity index (χ1n) is 8.53. The van der Waals surface area contributed by atoms with E-state index < -0.39 is 0 Å². The summed E-state index contributed by atoms with van der Waals surface area (Å²) in [5.74, 6) is 0.845. The van der Waals surface area contributed by atoms with E-state index in [1.807, 2.05) is 0 Å². The minimum absolute atomic E-state index is 0.507. The molecule has 1 N–H and O–H groups in total. The summed E-state index contributed by atoms with van der Waals surface area (Å²) < 4.78 is 2.46. The number of hydrogen-bond donors (Lipinski definition) is 1. The molecule has 1 saturated heterocycles. The van der Waals surface area contributed by atoms with E-state index in [0.29, 0.717) is 18.1 Å². The Balaban J connectivity index is 1.75. The molecule has 2 heterocycles. The van der Waals surface area contributed by atoms with Crippen LogP contribution in [0.1, 0.15) is 83.0 Å². The first-order valence-corrected chi connectivity index (χ1v) is 8.53. The van der Waals surface area contributed by atoms with Crippen LogP contribution in [0.2, 0.25) is 0 Å². The van der Waals surface area contributed by atoms with E-state index in [1.54, 1.807) is 0 Å². The smallest absolute Gasteiger partial charge is 0.0951 e. The fraction of sp³-hybridized carbons (Fsp3) is 0.824. The van der Waals surface area contributed by atoms with Gasteiger partial charge in [-0.05, 0) is 51.9 Å². The third kappa shape index (κ3) is 2.93. The predicted molar refractivity (Wildman–Crippen MR) is 82.7 cm³/mol. The number of nitrogens with zero attached hydrogens (tertiary/aromatic N) is 2. The van der Waals surface area contributed by atoms with Crippen LogP contribution in [0.3, 0.4) is 0 Å². The average Bonchev–Trinajstić information content (AvgIpc) is 2.97. The van der Waals surface area contributed by atoms with E-state index in [1.165, 1.54) is 57.1 Å². The highest BCUT2D eigenvalue weighted by atomic mass is 15.1. The van der Waals surface area contributed by atoms with Crippen molar-refractivity contribution in [2.45, 2.75) is 83.3 Å². The van der Waals surface area contributed by atoms with Crippen molar-refractivity contribution < 1.29 is 0 Å². The molecule has 3 heteroatoms. The minimum Gasteiger partial charge on any atom is -0.330 e. The van der Waals surface area contributed by atoms with Gasteiger partial charge in [-0.1, -0.05) is 19.3 Å². The van der Waals surface area contributed by atoms with Gasteiger partial charge in [-0.25, -0.2) is 4.98 Å². The van der Waals surface area contributed by atoms with Crippen LogP contribution in [0.5, 0.6) is 0 Å². The fourth-order valence-electron chi connectivity index (χ4n) is 4.14. The highest BCUT2D eigenvalue weighted by Crippen LogP contribution is 2.35. The van der Waals surface area contributed by atoms with Crippen LogP contribution in [-0.2, 0) is 0 Å². The molecule has 0 aromatic carbocycles. The molecule has 1 aliphatic carbocycles. The molecular weight excluding hydrogens is 246 g/mol. The summed E-state index contributed by atoms with van der Waals surface area (Å²) in [5.41, 5.74) is 1.41. The average molecular weight is 275 g/mol. The molecule has 0 radical (unpaired) electrons. The van der Waals surface area contributed by atoms with Gasteiger partial charge in [0, 0.05) is 24.3 Å². The van der Waals surface area contributed by atoms with Crippen molar-refractivity contribution in [2.24, 2.45) is 5.92 Å². The van der Waals surface area contributed by atoms with Crippen molar-refractivity contribution in [1.82, 2.24) is 14.9 Å². The van der Waals surface area contributed by atoms with E-state index in [0.717, 1.165) is 5.92 Å². The molecule has 1 aliphatic heterocycles. The topological polar surface area (TPSA) is 29.9 Å². The molecule has 2 fully saturated rings. The summed E-state index contributed by atoms with van der Waals surface area (Å²) >= 11 is 0. The largest absolute Gasteiger partial charge is 0.330 e. The number of hydrogen-bond acceptors (Lipinski definition) is 2. The van der Waals surface area contributed by atoms with E-state index >= 15 is 0 Å². The minimum atomic E-state index is 0.507. The monoisotopic (exact) mass is 275 g/mol. The molecule has 3 nitrogen and oxygen atoms in total. The predicted octanol–water partition coefficient (Wildman–Crippen LogP) is 4.23. The van der Waals surface area contributed by atoms with Gasteiger partial charge in [0.2, 0.25) is 0 Å². The first kappa shape index (κ1) is 14.1. The lowest BCUT2D eigenvalue weighted by atomic mass is 9.84. The lowest BCUT2D eigenvalue weighted by Gasteiger charge is -2.33. The van der Waals surface area contributed by atoms with Crippen LogP contribution >= 0.6 is 0 Å². The van der Waals surface area contributed by atoms with Gasteiger partial charge < -0.3 is 9.88 Å². The molecular formula is C17H29N3. The van der Waals surface area contributed by atoms with Crippen LogP contribution < -0.4 is 5.32 Å². The molecule has 112 valence electrons. The zero-order chi connectivity index (χ0) is 13.9. The van der Waals surface area contributed by atoms with Crippen molar-refractivity contribution in [3.05, 3.63) is 18.2 Å². The molecule has 1 aromatic rings. The zero-order valence-corrected chi connectivity index (χ0v) is 13.0. The van der Waals surface area contributed by atoms with E-state index in [-0.39, 0.29) is 0 Å². The molecule has 3 atom stereocenters. The Morgan fingerprint density at radius 3 is 2.70 bits per heavy atom. The Morgan fingerprint density at radius 1 is 1.15 bits per heavy atom. The van der Waals surface area contributed by atoms with Crippen LogP contribution in [-0.4, -0.2) is 15.6 Å². The van der Waals surface area contributed by atoms with Gasteiger partial charge in [-0.3, -0.25) is 0 Å². The van der Waals surface area contributed by atoms with Crippen LogP contribution in [0.25, 0.3) is 0 Å². The maximum absolute atomic E-state index is 4.46. The van der Waals surface area contributed by atoms with E-state index in [9.17, 15) is 0 Å². The summed E-state index contributed by atoms with van der Waals surface area (Å²) in [5, 5.41) is 3.76. The van der Waals surface area contributed by atoms with Crippen LogP contribution in [0.4, 0.5) is 0 Å². The van der Waals surface area contributed by atoms with Gasteiger partial charge in [0.15, 0.2) is 0 Å². The standard InChI is InChI=1S/C17H29N3/c1-13-7-6-10-16(19-13)17-11-18-12-20(17)14(2)15-8-4-3-5-9-15/h11-16,19H,3-10H2,1-2H3. The Hall–Kier alpha value is -0.830. The summed E-state index contributed by atoms with van der Waals surface area (Å²) in [6.45, 7) is 4.70. The lowest BCUT2D eigenvalue weighted by molar-refractivity contribution is 0.249. The Bertz CT molecular complexity index is 420. The number of piperidine rings is 1. The summed E-state index contributed by atoms with van der Waals surface area (Å²) in [4.78, 5) is 4.46. The van der Waals surface area contributed by atoms with Gasteiger partial charge in [-0.15, -0.1) is 0 Å². The maximum atomic E-state index is 4.46. The summed E-state index contributed by atoms with van der Waals surface area (Å²) in [6, 6.07) is 1.75. The lowest BCUT2D eigenvalue weighted by Crippen LogP contribution is -2.36. The van der Waals surface area contributed by atoms with Gasteiger partial charge in [-0.2, -0.15) is 0 Å². The normalized spacial score (nSPS) is 30.3. The number of rotatable bonds is 3. The van der Waals surface area contributed by atoms with Gasteiger partial charge in [0.1, 0.15) is 0 Å². The number of nitrogens with one attached hydrogen (secondary N) is 1. The molecule has 1 saturated carbocycles. The van der Waals surface area contributed by atoms with Gasteiger partial charge >= 0.3 is 0 Å². The van der Waals surface area contributed by atoms with Crippen molar-refractivity contribution in [2.75, 3.05) is 0 Å². The molecule has 1 aromatic heterocycles. The van der Waals surface area contributed by atoms with Crippen molar-refractivity contribution >= 4 is 0 Å². The van der Waals surface area contributed by atoms with Crippen LogP contribution in [0.15, 0.2) is 12.5 Å². The van der Waals surface area contributed by atoms with Crippen LogP contribution in [0, 0.1) is 5.92 Å². The molecule has 2 aliphatic rings. The van der Waals surface area contributed by atoms with Gasteiger partial charge in [0.05, 0.1) is 12.0 Å². The summed E-state index contributed by atoms with van der Waals surface area (Å²) in [7, 11) is 0. The van der Waals surface area contributed by atoms with E-state index in [2.05, 4.69) is 41.2 Å². The Labute approximate surface area is 123 Å². The van der Waals surface area contributed by atoms with Crippen molar-refractivity contribution in [3.8, 4) is 0 Å². The zero-order valence-electron chi connectivity index (χ0n) is 13.0.